The smallest absolute Gasteiger partial charge is 0.352 e. The van der Waals surface area contributed by atoms with E-state index < -0.39 is 17.6 Å². The molecule has 1 aromatic rings. The summed E-state index contributed by atoms with van der Waals surface area (Å²) in [6.07, 6.45) is -3.13. The molecule has 0 aliphatic carbocycles. The molecule has 2 amide bonds. The summed E-state index contributed by atoms with van der Waals surface area (Å²) >= 11 is 0. The van der Waals surface area contributed by atoms with Gasteiger partial charge in [-0.25, -0.2) is 0 Å². The van der Waals surface area contributed by atoms with Gasteiger partial charge >= 0.3 is 6.18 Å². The maximum absolute atomic E-state index is 12.5. The third-order valence-electron chi connectivity index (χ3n) is 4.22. The average molecular weight is 353 g/mol. The van der Waals surface area contributed by atoms with Crippen molar-refractivity contribution in [3.63, 3.8) is 0 Å². The molecule has 0 bridgehead atoms. The number of likely N-dealkylation sites (tertiary alicyclic amines) is 1. The van der Waals surface area contributed by atoms with Crippen LogP contribution in [0, 0.1) is 17.2 Å². The van der Waals surface area contributed by atoms with Gasteiger partial charge in [0.05, 0.1) is 11.6 Å². The van der Waals surface area contributed by atoms with Crippen molar-refractivity contribution >= 4 is 11.8 Å². The van der Waals surface area contributed by atoms with Crippen LogP contribution in [0.25, 0.3) is 0 Å². The zero-order valence-corrected chi connectivity index (χ0v) is 13.5. The lowest BCUT2D eigenvalue weighted by atomic mass is 9.96. The minimum Gasteiger partial charge on any atom is -0.352 e. The zero-order chi connectivity index (χ0) is 18.4. The number of rotatable bonds is 4. The quantitative estimate of drug-likeness (QED) is 0.904. The van der Waals surface area contributed by atoms with Crippen molar-refractivity contribution in [1.82, 2.24) is 10.2 Å². The molecule has 1 N–H and O–H groups in total. The average Bonchev–Trinajstić information content (AvgIpc) is 2.59. The first kappa shape index (κ1) is 18.8. The second-order valence-corrected chi connectivity index (χ2v) is 5.94. The first-order chi connectivity index (χ1) is 11.8. The Hall–Kier alpha value is -2.56. The Morgan fingerprint density at radius 2 is 1.80 bits per heavy atom. The van der Waals surface area contributed by atoms with E-state index in [0.29, 0.717) is 32.5 Å². The van der Waals surface area contributed by atoms with Crippen LogP contribution in [0.3, 0.4) is 0 Å². The number of benzene rings is 1. The molecule has 8 heteroatoms. The Morgan fingerprint density at radius 3 is 2.32 bits per heavy atom. The second kappa shape index (κ2) is 8.01. The maximum Gasteiger partial charge on any atom is 0.416 e. The normalized spacial score (nSPS) is 15.5. The van der Waals surface area contributed by atoms with E-state index in [4.69, 9.17) is 5.26 Å². The molecule has 1 aromatic carbocycles. The minimum atomic E-state index is -4.42. The Labute approximate surface area is 143 Å². The summed E-state index contributed by atoms with van der Waals surface area (Å²) in [4.78, 5) is 25.3. The maximum atomic E-state index is 12.5. The van der Waals surface area contributed by atoms with Crippen molar-refractivity contribution in [2.24, 2.45) is 5.92 Å². The van der Waals surface area contributed by atoms with Gasteiger partial charge in [-0.05, 0) is 43.0 Å². The third-order valence-corrected chi connectivity index (χ3v) is 4.22. The lowest BCUT2D eigenvalue weighted by Crippen LogP contribution is -2.41. The molecule has 0 saturated carbocycles. The molecule has 1 aliphatic rings. The fraction of sp³-hybridized carbons (Fsp3) is 0.471. The number of piperidine rings is 1. The molecule has 0 radical (unpaired) electrons. The highest BCUT2D eigenvalue weighted by molar-refractivity contribution is 5.94. The van der Waals surface area contributed by atoms with E-state index in [1.165, 1.54) is 0 Å². The van der Waals surface area contributed by atoms with E-state index in [9.17, 15) is 22.8 Å². The summed E-state index contributed by atoms with van der Waals surface area (Å²) in [5.41, 5.74) is -0.618. The largest absolute Gasteiger partial charge is 0.416 e. The fourth-order valence-electron chi connectivity index (χ4n) is 2.72. The van der Waals surface area contributed by atoms with Crippen molar-refractivity contribution in [3.8, 4) is 6.07 Å². The molecular formula is C17H18F3N3O2. The van der Waals surface area contributed by atoms with E-state index in [1.54, 1.807) is 4.90 Å². The van der Waals surface area contributed by atoms with Crippen LogP contribution in [0.15, 0.2) is 24.3 Å². The molecule has 1 saturated heterocycles. The molecular weight excluding hydrogens is 335 g/mol. The lowest BCUT2D eigenvalue weighted by Gasteiger charge is -2.31. The summed E-state index contributed by atoms with van der Waals surface area (Å²) in [5, 5.41) is 11.2. The van der Waals surface area contributed by atoms with Gasteiger partial charge in [-0.15, -0.1) is 0 Å². The molecule has 1 fully saturated rings. The van der Waals surface area contributed by atoms with Gasteiger partial charge in [0.25, 0.3) is 5.91 Å². The Balaban J connectivity index is 1.79. The number of carbonyl (C=O) groups is 2. The zero-order valence-electron chi connectivity index (χ0n) is 13.5. The molecule has 1 aliphatic heterocycles. The highest BCUT2D eigenvalue weighted by Gasteiger charge is 2.30. The van der Waals surface area contributed by atoms with Crippen molar-refractivity contribution < 1.29 is 22.8 Å². The second-order valence-electron chi connectivity index (χ2n) is 5.94. The molecule has 0 atom stereocenters. The number of hydrogen-bond donors (Lipinski definition) is 1. The summed E-state index contributed by atoms with van der Waals surface area (Å²) in [6, 6.07) is 5.90. The number of nitrogens with one attached hydrogen (secondary N) is 1. The van der Waals surface area contributed by atoms with Crippen molar-refractivity contribution in [1.29, 1.82) is 5.26 Å². The molecule has 0 unspecified atom stereocenters. The van der Waals surface area contributed by atoms with E-state index in [0.717, 1.165) is 24.3 Å². The lowest BCUT2D eigenvalue weighted by molar-refractivity contribution is -0.137. The monoisotopic (exact) mass is 353 g/mol. The number of carbonyl (C=O) groups excluding carboxylic acids is 2. The van der Waals surface area contributed by atoms with Crippen molar-refractivity contribution in [3.05, 3.63) is 35.4 Å². The third kappa shape index (κ3) is 5.21. The van der Waals surface area contributed by atoms with E-state index in [2.05, 4.69) is 5.32 Å². The van der Waals surface area contributed by atoms with Crippen LogP contribution in [-0.2, 0) is 11.0 Å². The van der Waals surface area contributed by atoms with Crippen LogP contribution in [0.1, 0.15) is 35.2 Å². The van der Waals surface area contributed by atoms with Crippen LogP contribution >= 0.6 is 0 Å². The predicted molar refractivity (Wildman–Crippen MR) is 83.3 cm³/mol. The van der Waals surface area contributed by atoms with Crippen molar-refractivity contribution in [2.45, 2.75) is 25.4 Å². The molecule has 25 heavy (non-hydrogen) atoms. The summed E-state index contributed by atoms with van der Waals surface area (Å²) in [6.45, 7) is 1.49. The van der Waals surface area contributed by atoms with Crippen molar-refractivity contribution in [2.75, 3.05) is 19.6 Å². The first-order valence-electron chi connectivity index (χ1n) is 7.91. The van der Waals surface area contributed by atoms with Crippen LogP contribution in [0.5, 0.6) is 0 Å². The Kier molecular flexibility index (Phi) is 6.02. The van der Waals surface area contributed by atoms with Gasteiger partial charge in [0.15, 0.2) is 0 Å². The SMILES string of the molecule is N#CCC(=O)N1CCC(CNC(=O)c2ccc(C(F)(F)F)cc2)CC1. The highest BCUT2D eigenvalue weighted by Crippen LogP contribution is 2.29. The van der Waals surface area contributed by atoms with Crippen LogP contribution < -0.4 is 5.32 Å². The standard InChI is InChI=1S/C17H18F3N3O2/c18-17(19,20)14-3-1-13(2-4-14)16(25)22-11-12-6-9-23(10-7-12)15(24)5-8-21/h1-4,12H,5-7,9-11H2,(H,22,25). The van der Waals surface area contributed by atoms with Gasteiger partial charge < -0.3 is 10.2 Å². The van der Waals surface area contributed by atoms with Gasteiger partial charge in [0.1, 0.15) is 6.42 Å². The molecule has 134 valence electrons. The number of nitriles is 1. The Bertz CT molecular complexity index is 657. The van der Waals surface area contributed by atoms with Crippen LogP contribution in [-0.4, -0.2) is 36.3 Å². The minimum absolute atomic E-state index is 0.130. The van der Waals surface area contributed by atoms with E-state index in [1.807, 2.05) is 6.07 Å². The van der Waals surface area contributed by atoms with Gasteiger partial charge in [-0.1, -0.05) is 0 Å². The molecule has 0 spiro atoms. The number of amides is 2. The van der Waals surface area contributed by atoms with Gasteiger partial charge in [-0.2, -0.15) is 18.4 Å². The molecule has 2 rings (SSSR count). The topological polar surface area (TPSA) is 73.2 Å². The summed E-state index contributed by atoms with van der Waals surface area (Å²) in [7, 11) is 0. The van der Waals surface area contributed by atoms with Gasteiger partial charge in [-0.3, -0.25) is 9.59 Å². The summed E-state index contributed by atoms with van der Waals surface area (Å²) in [5.74, 6) is -0.406. The molecule has 0 aromatic heterocycles. The van der Waals surface area contributed by atoms with Crippen LogP contribution in [0.4, 0.5) is 13.2 Å². The first-order valence-corrected chi connectivity index (χ1v) is 7.91. The van der Waals surface area contributed by atoms with Gasteiger partial charge in [0, 0.05) is 25.2 Å². The van der Waals surface area contributed by atoms with E-state index in [-0.39, 0.29) is 23.8 Å². The Morgan fingerprint density at radius 1 is 1.20 bits per heavy atom. The van der Waals surface area contributed by atoms with E-state index >= 15 is 0 Å². The molecule has 1 heterocycles. The number of nitrogens with zero attached hydrogens (tertiary/aromatic N) is 2. The number of alkyl halides is 3. The van der Waals surface area contributed by atoms with Gasteiger partial charge in [0.2, 0.25) is 5.91 Å². The number of hydrogen-bond acceptors (Lipinski definition) is 3. The number of halogens is 3. The highest BCUT2D eigenvalue weighted by atomic mass is 19.4. The van der Waals surface area contributed by atoms with Crippen LogP contribution in [0.2, 0.25) is 0 Å². The summed E-state index contributed by atoms with van der Waals surface area (Å²) < 4.78 is 37.5. The fourth-order valence-corrected chi connectivity index (χ4v) is 2.72. The molecule has 5 nitrogen and oxygen atoms in total. The predicted octanol–water partition coefficient (Wildman–Crippen LogP) is 2.59.